The Hall–Kier alpha value is -1.78. The van der Waals surface area contributed by atoms with Crippen molar-refractivity contribution in [2.24, 2.45) is 5.92 Å². The average molecular weight is 219 g/mol. The van der Waals surface area contributed by atoms with Crippen LogP contribution in [0.5, 0.6) is 0 Å². The maximum absolute atomic E-state index is 10.9. The van der Waals surface area contributed by atoms with Gasteiger partial charge in [0.2, 0.25) is 0 Å². The fourth-order valence-electron chi connectivity index (χ4n) is 2.61. The maximum atomic E-state index is 10.9. The Bertz CT molecular complexity index is 409. The third-order valence-electron chi connectivity index (χ3n) is 3.49. The van der Waals surface area contributed by atoms with E-state index in [2.05, 4.69) is 9.88 Å². The molecule has 0 aliphatic carbocycles. The summed E-state index contributed by atoms with van der Waals surface area (Å²) in [5.74, 6) is 0.497. The van der Waals surface area contributed by atoms with E-state index >= 15 is 0 Å². The van der Waals surface area contributed by atoms with Crippen LogP contribution in [0.3, 0.4) is 0 Å². The quantitative estimate of drug-likeness (QED) is 0.761. The molecule has 2 saturated heterocycles. The number of fused-ring (bicyclic) bond motifs is 1. The van der Waals surface area contributed by atoms with E-state index in [9.17, 15) is 4.79 Å². The molecule has 0 spiro atoms. The van der Waals surface area contributed by atoms with Crippen molar-refractivity contribution in [1.29, 1.82) is 0 Å². The van der Waals surface area contributed by atoms with Crippen LogP contribution in [-0.4, -0.2) is 46.8 Å². The summed E-state index contributed by atoms with van der Waals surface area (Å²) in [6.45, 7) is 2.24. The number of hydrogen-bond donors (Lipinski definition) is 1. The van der Waals surface area contributed by atoms with Gasteiger partial charge in [-0.2, -0.15) is 0 Å². The molecule has 2 atom stereocenters. The molecule has 0 bridgehead atoms. The zero-order chi connectivity index (χ0) is 11.1. The molecular formula is C11H13N3O2. The standard InChI is InChI=1S/C11H13N3O2/c15-11(16)13-5-8-6-14(10(8)7-13)9-2-1-3-12-4-9/h1-4,8,10H,5-7H2,(H,15,16)/t8-,10-/m0/s1. The van der Waals surface area contributed by atoms with Crippen LogP contribution in [0.1, 0.15) is 0 Å². The number of carbonyl (C=O) groups is 1. The predicted molar refractivity (Wildman–Crippen MR) is 58.5 cm³/mol. The van der Waals surface area contributed by atoms with Gasteiger partial charge in [-0.3, -0.25) is 4.98 Å². The van der Waals surface area contributed by atoms with Gasteiger partial charge in [0.15, 0.2) is 0 Å². The zero-order valence-electron chi connectivity index (χ0n) is 8.78. The summed E-state index contributed by atoms with van der Waals surface area (Å²) in [5.41, 5.74) is 1.09. The molecule has 2 fully saturated rings. The summed E-state index contributed by atoms with van der Waals surface area (Å²) >= 11 is 0. The van der Waals surface area contributed by atoms with Gasteiger partial charge in [-0.15, -0.1) is 0 Å². The van der Waals surface area contributed by atoms with Crippen molar-refractivity contribution in [1.82, 2.24) is 9.88 Å². The smallest absolute Gasteiger partial charge is 0.407 e. The molecule has 5 nitrogen and oxygen atoms in total. The number of anilines is 1. The summed E-state index contributed by atoms with van der Waals surface area (Å²) in [6.07, 6.45) is 2.78. The van der Waals surface area contributed by atoms with Crippen molar-refractivity contribution in [3.8, 4) is 0 Å². The fourth-order valence-corrected chi connectivity index (χ4v) is 2.61. The first-order valence-corrected chi connectivity index (χ1v) is 5.40. The molecule has 1 aromatic rings. The number of rotatable bonds is 1. The van der Waals surface area contributed by atoms with Crippen LogP contribution in [0, 0.1) is 5.92 Å². The highest BCUT2D eigenvalue weighted by atomic mass is 16.4. The minimum Gasteiger partial charge on any atom is -0.465 e. The lowest BCUT2D eigenvalue weighted by Crippen LogP contribution is -2.55. The van der Waals surface area contributed by atoms with Crippen molar-refractivity contribution in [3.05, 3.63) is 24.5 Å². The van der Waals surface area contributed by atoms with E-state index in [1.807, 2.05) is 18.3 Å². The second-order valence-corrected chi connectivity index (χ2v) is 4.38. The molecule has 3 rings (SSSR count). The zero-order valence-corrected chi connectivity index (χ0v) is 8.78. The largest absolute Gasteiger partial charge is 0.465 e. The van der Waals surface area contributed by atoms with Gasteiger partial charge in [-0.1, -0.05) is 0 Å². The van der Waals surface area contributed by atoms with Crippen LogP contribution >= 0.6 is 0 Å². The molecule has 0 aromatic carbocycles. The van der Waals surface area contributed by atoms with Gasteiger partial charge in [0.25, 0.3) is 0 Å². The first-order valence-electron chi connectivity index (χ1n) is 5.40. The summed E-state index contributed by atoms with van der Waals surface area (Å²) in [5, 5.41) is 8.93. The highest BCUT2D eigenvalue weighted by Crippen LogP contribution is 2.35. The third kappa shape index (κ3) is 1.31. The van der Waals surface area contributed by atoms with Crippen molar-refractivity contribution in [2.75, 3.05) is 24.5 Å². The Balaban J connectivity index is 1.73. The Kier molecular flexibility index (Phi) is 1.99. The Morgan fingerprint density at radius 3 is 3.00 bits per heavy atom. The van der Waals surface area contributed by atoms with Crippen molar-refractivity contribution in [3.63, 3.8) is 0 Å². The van der Waals surface area contributed by atoms with Crippen LogP contribution < -0.4 is 4.90 Å². The molecule has 5 heteroatoms. The summed E-state index contributed by atoms with van der Waals surface area (Å²) in [7, 11) is 0. The SMILES string of the molecule is O=C(O)N1C[C@H]2CN(c3cccnc3)[C@H]2C1. The third-order valence-corrected chi connectivity index (χ3v) is 3.49. The van der Waals surface area contributed by atoms with Gasteiger partial charge < -0.3 is 14.9 Å². The second kappa shape index (κ2) is 3.37. The first-order chi connectivity index (χ1) is 7.75. The second-order valence-electron chi connectivity index (χ2n) is 4.38. The number of aromatic nitrogens is 1. The van der Waals surface area contributed by atoms with Crippen molar-refractivity contribution in [2.45, 2.75) is 6.04 Å². The monoisotopic (exact) mass is 219 g/mol. The molecule has 0 saturated carbocycles. The Morgan fingerprint density at radius 1 is 1.44 bits per heavy atom. The van der Waals surface area contributed by atoms with E-state index < -0.39 is 6.09 Å². The van der Waals surface area contributed by atoms with E-state index in [0.29, 0.717) is 25.0 Å². The normalized spacial score (nSPS) is 27.5. The van der Waals surface area contributed by atoms with Gasteiger partial charge in [0.1, 0.15) is 0 Å². The fraction of sp³-hybridized carbons (Fsp3) is 0.455. The lowest BCUT2D eigenvalue weighted by Gasteiger charge is -2.44. The molecule has 0 unspecified atom stereocenters. The van der Waals surface area contributed by atoms with Gasteiger partial charge >= 0.3 is 6.09 Å². The van der Waals surface area contributed by atoms with Crippen LogP contribution in [-0.2, 0) is 0 Å². The molecule has 2 aliphatic rings. The van der Waals surface area contributed by atoms with E-state index in [0.717, 1.165) is 12.2 Å². The highest BCUT2D eigenvalue weighted by Gasteiger charge is 2.47. The van der Waals surface area contributed by atoms with E-state index in [1.165, 1.54) is 4.90 Å². The number of carboxylic acid groups (broad SMARTS) is 1. The Labute approximate surface area is 93.3 Å². The molecule has 1 aromatic heterocycles. The lowest BCUT2D eigenvalue weighted by molar-refractivity contribution is 0.155. The molecular weight excluding hydrogens is 206 g/mol. The number of amides is 1. The van der Waals surface area contributed by atoms with Crippen molar-refractivity contribution < 1.29 is 9.90 Å². The van der Waals surface area contributed by atoms with Gasteiger partial charge in [-0.05, 0) is 12.1 Å². The molecule has 3 heterocycles. The average Bonchev–Trinajstić information content (AvgIpc) is 2.59. The molecule has 0 radical (unpaired) electrons. The lowest BCUT2D eigenvalue weighted by atomic mass is 9.91. The van der Waals surface area contributed by atoms with Crippen LogP contribution in [0.15, 0.2) is 24.5 Å². The first kappa shape index (κ1) is 9.45. The van der Waals surface area contributed by atoms with Crippen molar-refractivity contribution >= 4 is 11.8 Å². The number of nitrogens with zero attached hydrogens (tertiary/aromatic N) is 3. The Morgan fingerprint density at radius 2 is 2.31 bits per heavy atom. The van der Waals surface area contributed by atoms with Crippen LogP contribution in [0.25, 0.3) is 0 Å². The van der Waals surface area contributed by atoms with E-state index in [1.54, 1.807) is 6.20 Å². The van der Waals surface area contributed by atoms with Crippen LogP contribution in [0.2, 0.25) is 0 Å². The van der Waals surface area contributed by atoms with Gasteiger partial charge in [-0.25, -0.2) is 4.79 Å². The molecule has 1 amide bonds. The van der Waals surface area contributed by atoms with E-state index in [4.69, 9.17) is 5.11 Å². The van der Waals surface area contributed by atoms with Crippen LogP contribution in [0.4, 0.5) is 10.5 Å². The predicted octanol–water partition coefficient (Wildman–Crippen LogP) is 0.880. The number of likely N-dealkylation sites (tertiary alicyclic amines) is 1. The minimum atomic E-state index is -0.805. The highest BCUT2D eigenvalue weighted by molar-refractivity contribution is 5.66. The minimum absolute atomic E-state index is 0.347. The van der Waals surface area contributed by atoms with Gasteiger partial charge in [0, 0.05) is 31.7 Å². The number of hydrogen-bond acceptors (Lipinski definition) is 3. The number of pyridine rings is 1. The molecule has 84 valence electrons. The molecule has 1 N–H and O–H groups in total. The summed E-state index contributed by atoms with van der Waals surface area (Å²) in [6, 6.07) is 4.28. The summed E-state index contributed by atoms with van der Waals surface area (Å²) < 4.78 is 0. The maximum Gasteiger partial charge on any atom is 0.407 e. The molecule has 16 heavy (non-hydrogen) atoms. The topological polar surface area (TPSA) is 56.7 Å². The summed E-state index contributed by atoms with van der Waals surface area (Å²) in [4.78, 5) is 18.7. The molecule has 2 aliphatic heterocycles. The van der Waals surface area contributed by atoms with Gasteiger partial charge in [0.05, 0.1) is 17.9 Å². The van der Waals surface area contributed by atoms with E-state index in [-0.39, 0.29) is 0 Å².